The van der Waals surface area contributed by atoms with Crippen LogP contribution in [0.25, 0.3) is 11.0 Å². The molecule has 0 spiro atoms. The summed E-state index contributed by atoms with van der Waals surface area (Å²) in [6.45, 7) is 0. The fraction of sp³-hybridized carbons (Fsp3) is 0. The van der Waals surface area contributed by atoms with Crippen molar-refractivity contribution in [2.75, 3.05) is 5.43 Å². The summed E-state index contributed by atoms with van der Waals surface area (Å²) in [4.78, 5) is 12.7. The van der Waals surface area contributed by atoms with E-state index in [1.54, 1.807) is 24.8 Å². The number of nitrogens with zero attached hydrogens (tertiary/aromatic N) is 4. The average Bonchev–Trinajstić information content (AvgIpc) is 2.48. The lowest BCUT2D eigenvalue weighted by Crippen LogP contribution is -1.95. The lowest BCUT2D eigenvalue weighted by molar-refractivity contribution is 1.21. The highest BCUT2D eigenvalue weighted by Crippen LogP contribution is 2.10. The SMILES string of the molecule is C(=N\Nc1cnc2ccccc2n1)/c1cccnc1. The Morgan fingerprint density at radius 1 is 1.00 bits per heavy atom. The number of hydrogen-bond donors (Lipinski definition) is 1. The molecule has 5 nitrogen and oxygen atoms in total. The van der Waals surface area contributed by atoms with E-state index >= 15 is 0 Å². The quantitative estimate of drug-likeness (QED) is 0.572. The van der Waals surface area contributed by atoms with Gasteiger partial charge in [-0.25, -0.2) is 4.98 Å². The average molecular weight is 249 g/mol. The molecule has 2 heterocycles. The second kappa shape index (κ2) is 5.22. The van der Waals surface area contributed by atoms with Crippen LogP contribution < -0.4 is 5.43 Å². The minimum atomic E-state index is 0.610. The Balaban J connectivity index is 1.77. The molecule has 0 aliphatic rings. The van der Waals surface area contributed by atoms with Gasteiger partial charge in [0.25, 0.3) is 0 Å². The van der Waals surface area contributed by atoms with Gasteiger partial charge in [-0.3, -0.25) is 15.4 Å². The molecule has 0 fully saturated rings. The fourth-order valence-corrected chi connectivity index (χ4v) is 1.64. The van der Waals surface area contributed by atoms with Gasteiger partial charge in [0.2, 0.25) is 0 Å². The van der Waals surface area contributed by atoms with Crippen molar-refractivity contribution in [2.24, 2.45) is 5.10 Å². The third kappa shape index (κ3) is 2.71. The molecule has 0 bridgehead atoms. The minimum Gasteiger partial charge on any atom is -0.264 e. The standard InChI is InChI=1S/C14H11N5/c1-2-6-13-12(5-1)16-10-14(18-13)19-17-9-11-4-3-7-15-8-11/h1-10H,(H,18,19)/b17-9+. The number of aromatic nitrogens is 3. The van der Waals surface area contributed by atoms with E-state index in [0.29, 0.717) is 5.82 Å². The first-order valence-corrected chi connectivity index (χ1v) is 5.83. The lowest BCUT2D eigenvalue weighted by atomic mass is 10.3. The van der Waals surface area contributed by atoms with Crippen LogP contribution in [0, 0.1) is 0 Å². The van der Waals surface area contributed by atoms with Crippen molar-refractivity contribution in [3.05, 3.63) is 60.6 Å². The summed E-state index contributed by atoms with van der Waals surface area (Å²) in [5, 5.41) is 4.10. The van der Waals surface area contributed by atoms with Crippen LogP contribution in [0.1, 0.15) is 5.56 Å². The number of nitrogens with one attached hydrogen (secondary N) is 1. The molecule has 3 aromatic rings. The van der Waals surface area contributed by atoms with Gasteiger partial charge in [-0.05, 0) is 18.2 Å². The number of hydrazone groups is 1. The van der Waals surface area contributed by atoms with E-state index in [0.717, 1.165) is 16.6 Å². The summed E-state index contributed by atoms with van der Waals surface area (Å²) >= 11 is 0. The van der Waals surface area contributed by atoms with Crippen molar-refractivity contribution in [3.63, 3.8) is 0 Å². The highest BCUT2D eigenvalue weighted by Gasteiger charge is 1.96. The maximum atomic E-state index is 4.40. The Labute approximate surface area is 110 Å². The first-order chi connectivity index (χ1) is 9.42. The maximum Gasteiger partial charge on any atom is 0.165 e. The number of pyridine rings is 1. The molecule has 92 valence electrons. The molecule has 3 rings (SSSR count). The summed E-state index contributed by atoms with van der Waals surface area (Å²) in [7, 11) is 0. The smallest absolute Gasteiger partial charge is 0.165 e. The lowest BCUT2D eigenvalue weighted by Gasteiger charge is -2.00. The van der Waals surface area contributed by atoms with E-state index < -0.39 is 0 Å². The number of anilines is 1. The first-order valence-electron chi connectivity index (χ1n) is 5.83. The summed E-state index contributed by atoms with van der Waals surface area (Å²) < 4.78 is 0. The second-order valence-corrected chi connectivity index (χ2v) is 3.90. The zero-order valence-electron chi connectivity index (χ0n) is 10.1. The number of rotatable bonds is 3. The molecule has 2 aromatic heterocycles. The number of benzene rings is 1. The molecule has 0 saturated heterocycles. The van der Waals surface area contributed by atoms with Crippen molar-refractivity contribution >= 4 is 23.1 Å². The van der Waals surface area contributed by atoms with Crippen molar-refractivity contribution in [3.8, 4) is 0 Å². The normalized spacial score (nSPS) is 10.9. The van der Waals surface area contributed by atoms with E-state index in [1.807, 2.05) is 36.4 Å². The summed E-state index contributed by atoms with van der Waals surface area (Å²) in [6.07, 6.45) is 6.80. The van der Waals surface area contributed by atoms with Crippen LogP contribution in [-0.4, -0.2) is 21.2 Å². The monoisotopic (exact) mass is 249 g/mol. The predicted molar refractivity (Wildman–Crippen MR) is 75.0 cm³/mol. The van der Waals surface area contributed by atoms with Crippen LogP contribution in [0.5, 0.6) is 0 Å². The molecule has 0 amide bonds. The molecular weight excluding hydrogens is 238 g/mol. The molecule has 5 heteroatoms. The van der Waals surface area contributed by atoms with Crippen molar-refractivity contribution in [1.82, 2.24) is 15.0 Å². The number of fused-ring (bicyclic) bond motifs is 1. The second-order valence-electron chi connectivity index (χ2n) is 3.90. The van der Waals surface area contributed by atoms with Crippen LogP contribution >= 0.6 is 0 Å². The summed E-state index contributed by atoms with van der Waals surface area (Å²) in [5.74, 6) is 0.610. The zero-order chi connectivity index (χ0) is 12.9. The number of hydrogen-bond acceptors (Lipinski definition) is 5. The Bertz CT molecular complexity index is 709. The minimum absolute atomic E-state index is 0.610. The molecule has 1 N–H and O–H groups in total. The van der Waals surface area contributed by atoms with Crippen LogP contribution in [0.4, 0.5) is 5.82 Å². The molecule has 0 saturated carbocycles. The Kier molecular flexibility index (Phi) is 3.10. The van der Waals surface area contributed by atoms with Crippen molar-refractivity contribution in [2.45, 2.75) is 0 Å². The van der Waals surface area contributed by atoms with Gasteiger partial charge < -0.3 is 0 Å². The van der Waals surface area contributed by atoms with Crippen LogP contribution in [0.2, 0.25) is 0 Å². The molecule has 19 heavy (non-hydrogen) atoms. The van der Waals surface area contributed by atoms with Gasteiger partial charge in [-0.15, -0.1) is 0 Å². The molecule has 0 aliphatic carbocycles. The molecule has 0 atom stereocenters. The molecule has 0 aliphatic heterocycles. The number of para-hydroxylation sites is 2. The summed E-state index contributed by atoms with van der Waals surface area (Å²) in [5.41, 5.74) is 5.48. The third-order valence-corrected chi connectivity index (χ3v) is 2.53. The van der Waals surface area contributed by atoms with Gasteiger partial charge in [0.15, 0.2) is 5.82 Å². The third-order valence-electron chi connectivity index (χ3n) is 2.53. The van der Waals surface area contributed by atoms with Crippen molar-refractivity contribution in [1.29, 1.82) is 0 Å². The molecular formula is C14H11N5. The fourth-order valence-electron chi connectivity index (χ4n) is 1.64. The molecule has 0 radical (unpaired) electrons. The topological polar surface area (TPSA) is 63.1 Å². The van der Waals surface area contributed by atoms with E-state index in [9.17, 15) is 0 Å². The molecule has 0 unspecified atom stereocenters. The first kappa shape index (κ1) is 11.3. The predicted octanol–water partition coefficient (Wildman–Crippen LogP) is 2.47. The van der Waals surface area contributed by atoms with E-state index in [-0.39, 0.29) is 0 Å². The van der Waals surface area contributed by atoms with Crippen molar-refractivity contribution < 1.29 is 0 Å². The highest BCUT2D eigenvalue weighted by atomic mass is 15.3. The largest absolute Gasteiger partial charge is 0.264 e. The van der Waals surface area contributed by atoms with E-state index in [1.165, 1.54) is 0 Å². The van der Waals surface area contributed by atoms with Gasteiger partial charge >= 0.3 is 0 Å². The van der Waals surface area contributed by atoms with Gasteiger partial charge in [0, 0.05) is 18.0 Å². The Morgan fingerprint density at radius 3 is 2.74 bits per heavy atom. The Hall–Kier alpha value is -2.82. The summed E-state index contributed by atoms with van der Waals surface area (Å²) in [6, 6.07) is 11.5. The van der Waals surface area contributed by atoms with Crippen LogP contribution in [0.3, 0.4) is 0 Å². The van der Waals surface area contributed by atoms with Gasteiger partial charge in [0.1, 0.15) is 0 Å². The van der Waals surface area contributed by atoms with Crippen LogP contribution in [0.15, 0.2) is 60.1 Å². The Morgan fingerprint density at radius 2 is 1.89 bits per heavy atom. The molecule has 1 aromatic carbocycles. The van der Waals surface area contributed by atoms with Crippen LogP contribution in [-0.2, 0) is 0 Å². The van der Waals surface area contributed by atoms with Gasteiger partial charge in [-0.1, -0.05) is 18.2 Å². The highest BCUT2D eigenvalue weighted by molar-refractivity contribution is 5.79. The maximum absolute atomic E-state index is 4.40. The zero-order valence-corrected chi connectivity index (χ0v) is 10.1. The van der Waals surface area contributed by atoms with Gasteiger partial charge in [-0.2, -0.15) is 5.10 Å². The van der Waals surface area contributed by atoms with E-state index in [2.05, 4.69) is 25.5 Å². The van der Waals surface area contributed by atoms with Gasteiger partial charge in [0.05, 0.1) is 23.4 Å². The van der Waals surface area contributed by atoms with E-state index in [4.69, 9.17) is 0 Å².